The maximum Gasteiger partial charge on any atom is 0.342 e. The van der Waals surface area contributed by atoms with E-state index in [1.165, 1.54) is 0 Å². The van der Waals surface area contributed by atoms with Gasteiger partial charge in [-0.05, 0) is 26.0 Å². The number of carbonyl (C=O) groups is 1. The van der Waals surface area contributed by atoms with Gasteiger partial charge in [0.1, 0.15) is 11.3 Å². The SMILES string of the molecule is CC(C)Oc1ccc(F)c(F)c1C(=O)O. The Balaban J connectivity index is 3.27. The smallest absolute Gasteiger partial charge is 0.342 e. The molecule has 1 N–H and O–H groups in total. The maximum atomic E-state index is 13.1. The van der Waals surface area contributed by atoms with Gasteiger partial charge in [-0.15, -0.1) is 0 Å². The Bertz CT molecular complexity index is 388. The molecule has 0 saturated carbocycles. The molecule has 3 nitrogen and oxygen atoms in total. The van der Waals surface area contributed by atoms with Gasteiger partial charge in [0.05, 0.1) is 6.10 Å². The third kappa shape index (κ3) is 2.43. The topological polar surface area (TPSA) is 46.5 Å². The summed E-state index contributed by atoms with van der Waals surface area (Å²) in [4.78, 5) is 10.7. The minimum Gasteiger partial charge on any atom is -0.490 e. The second kappa shape index (κ2) is 4.25. The van der Waals surface area contributed by atoms with Crippen molar-refractivity contribution in [3.8, 4) is 5.75 Å². The molecule has 0 atom stereocenters. The van der Waals surface area contributed by atoms with E-state index in [-0.39, 0.29) is 11.9 Å². The number of hydrogen-bond acceptors (Lipinski definition) is 2. The van der Waals surface area contributed by atoms with Gasteiger partial charge in [0, 0.05) is 0 Å². The lowest BCUT2D eigenvalue weighted by Gasteiger charge is -2.12. The molecule has 1 rings (SSSR count). The van der Waals surface area contributed by atoms with Crippen molar-refractivity contribution in [2.24, 2.45) is 0 Å². The summed E-state index contributed by atoms with van der Waals surface area (Å²) in [6.07, 6.45) is -0.312. The molecular weight excluding hydrogens is 206 g/mol. The van der Waals surface area contributed by atoms with Crippen LogP contribution in [0.1, 0.15) is 24.2 Å². The van der Waals surface area contributed by atoms with E-state index in [1.54, 1.807) is 13.8 Å². The summed E-state index contributed by atoms with van der Waals surface area (Å²) in [6, 6.07) is 1.93. The van der Waals surface area contributed by atoms with Crippen molar-refractivity contribution in [3.05, 3.63) is 29.3 Å². The van der Waals surface area contributed by atoms with Gasteiger partial charge in [-0.1, -0.05) is 0 Å². The summed E-state index contributed by atoms with van der Waals surface area (Å²) < 4.78 is 30.9. The van der Waals surface area contributed by atoms with Crippen molar-refractivity contribution in [2.75, 3.05) is 0 Å². The summed E-state index contributed by atoms with van der Waals surface area (Å²) >= 11 is 0. The number of carboxylic acid groups (broad SMARTS) is 1. The molecule has 15 heavy (non-hydrogen) atoms. The van der Waals surface area contributed by atoms with Gasteiger partial charge in [0.2, 0.25) is 0 Å². The predicted octanol–water partition coefficient (Wildman–Crippen LogP) is 2.45. The quantitative estimate of drug-likeness (QED) is 0.844. The molecule has 5 heteroatoms. The van der Waals surface area contributed by atoms with Crippen molar-refractivity contribution in [1.82, 2.24) is 0 Å². The normalized spacial score (nSPS) is 10.5. The van der Waals surface area contributed by atoms with Crippen molar-refractivity contribution < 1.29 is 23.4 Å². The lowest BCUT2D eigenvalue weighted by molar-refractivity contribution is 0.0683. The Labute approximate surface area is 85.3 Å². The van der Waals surface area contributed by atoms with E-state index in [0.29, 0.717) is 0 Å². The van der Waals surface area contributed by atoms with Crippen molar-refractivity contribution in [3.63, 3.8) is 0 Å². The van der Waals surface area contributed by atoms with E-state index >= 15 is 0 Å². The van der Waals surface area contributed by atoms with Crippen LogP contribution in [0.2, 0.25) is 0 Å². The van der Waals surface area contributed by atoms with E-state index in [9.17, 15) is 13.6 Å². The van der Waals surface area contributed by atoms with E-state index in [0.717, 1.165) is 12.1 Å². The summed E-state index contributed by atoms with van der Waals surface area (Å²) in [5, 5.41) is 8.70. The number of ether oxygens (including phenoxy) is 1. The molecule has 0 radical (unpaired) electrons. The molecular formula is C10H10F2O3. The fourth-order valence-corrected chi connectivity index (χ4v) is 1.08. The van der Waals surface area contributed by atoms with E-state index in [4.69, 9.17) is 9.84 Å². The molecule has 0 bridgehead atoms. The molecule has 0 aliphatic rings. The van der Waals surface area contributed by atoms with E-state index < -0.39 is 23.2 Å². The molecule has 82 valence electrons. The Morgan fingerprint density at radius 3 is 2.47 bits per heavy atom. The molecule has 0 amide bonds. The number of rotatable bonds is 3. The maximum absolute atomic E-state index is 13.1. The average molecular weight is 216 g/mol. The second-order valence-electron chi connectivity index (χ2n) is 3.21. The fourth-order valence-electron chi connectivity index (χ4n) is 1.08. The first kappa shape index (κ1) is 11.4. The summed E-state index contributed by atoms with van der Waals surface area (Å²) in [5.41, 5.74) is -0.774. The largest absolute Gasteiger partial charge is 0.490 e. The van der Waals surface area contributed by atoms with Crippen LogP contribution in [0.25, 0.3) is 0 Å². The highest BCUT2D eigenvalue weighted by molar-refractivity contribution is 5.91. The van der Waals surface area contributed by atoms with Crippen LogP contribution < -0.4 is 4.74 Å². The Kier molecular flexibility index (Phi) is 3.24. The van der Waals surface area contributed by atoms with Gasteiger partial charge in [0.25, 0.3) is 0 Å². The second-order valence-corrected chi connectivity index (χ2v) is 3.21. The molecule has 0 aliphatic heterocycles. The standard InChI is InChI=1S/C10H10F2O3/c1-5(2)15-7-4-3-6(11)9(12)8(7)10(13)14/h3-5H,1-2H3,(H,13,14). The van der Waals surface area contributed by atoms with Gasteiger partial charge in [-0.2, -0.15) is 0 Å². The number of carboxylic acids is 1. The Morgan fingerprint density at radius 2 is 2.00 bits per heavy atom. The monoisotopic (exact) mass is 216 g/mol. The van der Waals surface area contributed by atoms with Crippen molar-refractivity contribution in [1.29, 1.82) is 0 Å². The van der Waals surface area contributed by atoms with Gasteiger partial charge in [-0.25, -0.2) is 13.6 Å². The summed E-state index contributed by atoms with van der Waals surface area (Å²) in [7, 11) is 0. The highest BCUT2D eigenvalue weighted by Gasteiger charge is 2.21. The third-order valence-corrected chi connectivity index (χ3v) is 1.63. The van der Waals surface area contributed by atoms with Crippen LogP contribution in [0.4, 0.5) is 8.78 Å². The van der Waals surface area contributed by atoms with Gasteiger partial charge < -0.3 is 9.84 Å². The first-order valence-electron chi connectivity index (χ1n) is 4.31. The van der Waals surface area contributed by atoms with Crippen LogP contribution in [0.5, 0.6) is 5.75 Å². The molecule has 1 aromatic carbocycles. The minimum atomic E-state index is -1.55. The highest BCUT2D eigenvalue weighted by Crippen LogP contribution is 2.24. The number of benzene rings is 1. The first-order valence-corrected chi connectivity index (χ1v) is 4.31. The lowest BCUT2D eigenvalue weighted by Crippen LogP contribution is -2.12. The Hall–Kier alpha value is -1.65. The number of hydrogen-bond donors (Lipinski definition) is 1. The fraction of sp³-hybridized carbons (Fsp3) is 0.300. The van der Waals surface area contributed by atoms with Gasteiger partial charge in [0.15, 0.2) is 11.6 Å². The molecule has 0 unspecified atom stereocenters. The zero-order chi connectivity index (χ0) is 11.6. The van der Waals surface area contributed by atoms with Crippen molar-refractivity contribution in [2.45, 2.75) is 20.0 Å². The Morgan fingerprint density at radius 1 is 1.40 bits per heavy atom. The van der Waals surface area contributed by atoms with Crippen LogP contribution >= 0.6 is 0 Å². The van der Waals surface area contributed by atoms with Crippen LogP contribution in [-0.4, -0.2) is 17.2 Å². The van der Waals surface area contributed by atoms with Crippen LogP contribution in [0, 0.1) is 11.6 Å². The van der Waals surface area contributed by atoms with Crippen molar-refractivity contribution >= 4 is 5.97 Å². The van der Waals surface area contributed by atoms with E-state index in [1.807, 2.05) is 0 Å². The van der Waals surface area contributed by atoms with Crippen LogP contribution in [-0.2, 0) is 0 Å². The third-order valence-electron chi connectivity index (χ3n) is 1.63. The van der Waals surface area contributed by atoms with Gasteiger partial charge in [-0.3, -0.25) is 0 Å². The molecule has 0 aromatic heterocycles. The van der Waals surface area contributed by atoms with E-state index in [2.05, 4.69) is 0 Å². The molecule has 0 heterocycles. The molecule has 0 spiro atoms. The molecule has 1 aromatic rings. The molecule has 0 fully saturated rings. The van der Waals surface area contributed by atoms with Crippen LogP contribution in [0.15, 0.2) is 12.1 Å². The molecule has 0 saturated heterocycles. The van der Waals surface area contributed by atoms with Crippen LogP contribution in [0.3, 0.4) is 0 Å². The predicted molar refractivity (Wildman–Crippen MR) is 49.1 cm³/mol. The zero-order valence-electron chi connectivity index (χ0n) is 8.25. The molecule has 0 aliphatic carbocycles. The number of aromatic carboxylic acids is 1. The summed E-state index contributed by atoms with van der Waals surface area (Å²) in [5.74, 6) is -4.33. The number of halogens is 2. The lowest BCUT2D eigenvalue weighted by atomic mass is 10.2. The summed E-state index contributed by atoms with van der Waals surface area (Å²) in [6.45, 7) is 3.32. The zero-order valence-corrected chi connectivity index (χ0v) is 8.25. The van der Waals surface area contributed by atoms with Gasteiger partial charge >= 0.3 is 5.97 Å². The first-order chi connectivity index (χ1) is 6.93. The average Bonchev–Trinajstić information content (AvgIpc) is 2.10. The minimum absolute atomic E-state index is 0.170. The highest BCUT2D eigenvalue weighted by atomic mass is 19.2.